The van der Waals surface area contributed by atoms with Crippen molar-refractivity contribution in [1.82, 2.24) is 5.16 Å². The lowest BCUT2D eigenvalue weighted by Gasteiger charge is -1.94. The van der Waals surface area contributed by atoms with E-state index in [1.807, 2.05) is 60.4 Å². The Kier molecular flexibility index (Phi) is 1.96. The summed E-state index contributed by atoms with van der Waals surface area (Å²) >= 11 is 0. The van der Waals surface area contributed by atoms with Gasteiger partial charge in [-0.15, -0.1) is 0 Å². The standard InChI is InChI=1S/C13H11N2O/c1-15-8-6-10(7-9-15)13-11-4-2-3-5-12(11)16-14-13/h2-9H,1H3/q+1. The van der Waals surface area contributed by atoms with Gasteiger partial charge in [-0.3, -0.25) is 0 Å². The third-order valence-electron chi connectivity index (χ3n) is 2.63. The molecule has 2 aromatic heterocycles. The van der Waals surface area contributed by atoms with Gasteiger partial charge in [0.25, 0.3) is 0 Å². The number of aromatic nitrogens is 2. The van der Waals surface area contributed by atoms with Gasteiger partial charge >= 0.3 is 0 Å². The fraction of sp³-hybridized carbons (Fsp3) is 0.0769. The number of nitrogens with zero attached hydrogens (tertiary/aromatic N) is 2. The van der Waals surface area contributed by atoms with Crippen molar-refractivity contribution in [1.29, 1.82) is 0 Å². The Balaban J connectivity index is 2.22. The molecule has 3 rings (SSSR count). The van der Waals surface area contributed by atoms with Gasteiger partial charge in [0.1, 0.15) is 12.7 Å². The first kappa shape index (κ1) is 9.09. The highest BCUT2D eigenvalue weighted by molar-refractivity contribution is 5.91. The van der Waals surface area contributed by atoms with Crippen molar-refractivity contribution >= 4 is 11.0 Å². The molecule has 3 heteroatoms. The van der Waals surface area contributed by atoms with Crippen LogP contribution in [-0.4, -0.2) is 5.16 Å². The number of aryl methyl sites for hydroxylation is 1. The first-order valence-electron chi connectivity index (χ1n) is 5.15. The molecule has 0 bridgehead atoms. The molecule has 2 heterocycles. The Morgan fingerprint density at radius 2 is 1.81 bits per heavy atom. The zero-order valence-electron chi connectivity index (χ0n) is 8.92. The molecule has 0 aliphatic rings. The van der Waals surface area contributed by atoms with Gasteiger partial charge in [0.2, 0.25) is 0 Å². The van der Waals surface area contributed by atoms with Crippen molar-refractivity contribution in [3.63, 3.8) is 0 Å². The van der Waals surface area contributed by atoms with E-state index in [2.05, 4.69) is 5.16 Å². The normalized spacial score (nSPS) is 10.8. The van der Waals surface area contributed by atoms with Crippen molar-refractivity contribution in [2.24, 2.45) is 7.05 Å². The van der Waals surface area contributed by atoms with Gasteiger partial charge in [0, 0.05) is 23.1 Å². The maximum absolute atomic E-state index is 5.28. The molecular formula is C13H11N2O+. The topological polar surface area (TPSA) is 29.9 Å². The van der Waals surface area contributed by atoms with Crippen LogP contribution in [-0.2, 0) is 7.05 Å². The zero-order chi connectivity index (χ0) is 11.0. The Bertz CT molecular complexity index is 626. The lowest BCUT2D eigenvalue weighted by atomic mass is 10.1. The number of hydrogen-bond acceptors (Lipinski definition) is 2. The molecule has 3 nitrogen and oxygen atoms in total. The Labute approximate surface area is 92.9 Å². The van der Waals surface area contributed by atoms with E-state index >= 15 is 0 Å². The van der Waals surface area contributed by atoms with Gasteiger partial charge in [-0.2, -0.15) is 0 Å². The Morgan fingerprint density at radius 1 is 1.06 bits per heavy atom. The smallest absolute Gasteiger partial charge is 0.169 e. The van der Waals surface area contributed by atoms with Gasteiger partial charge in [-0.1, -0.05) is 17.3 Å². The zero-order valence-corrected chi connectivity index (χ0v) is 8.92. The molecule has 0 unspecified atom stereocenters. The lowest BCUT2D eigenvalue weighted by Crippen LogP contribution is -2.25. The number of pyridine rings is 1. The minimum Gasteiger partial charge on any atom is -0.356 e. The summed E-state index contributed by atoms with van der Waals surface area (Å²) in [6, 6.07) is 12.0. The van der Waals surface area contributed by atoms with E-state index in [0.717, 1.165) is 22.2 Å². The molecule has 0 aliphatic heterocycles. The van der Waals surface area contributed by atoms with Crippen LogP contribution in [0.5, 0.6) is 0 Å². The molecule has 0 N–H and O–H groups in total. The minimum absolute atomic E-state index is 0.825. The summed E-state index contributed by atoms with van der Waals surface area (Å²) in [5.41, 5.74) is 2.80. The number of rotatable bonds is 1. The first-order chi connectivity index (χ1) is 7.84. The van der Waals surface area contributed by atoms with Crippen LogP contribution in [0.1, 0.15) is 0 Å². The summed E-state index contributed by atoms with van der Waals surface area (Å²) in [6.45, 7) is 0. The average Bonchev–Trinajstić information content (AvgIpc) is 2.74. The fourth-order valence-corrected chi connectivity index (χ4v) is 1.75. The molecule has 1 aromatic carbocycles. The second-order valence-corrected chi connectivity index (χ2v) is 3.78. The molecule has 0 saturated heterocycles. The van der Waals surface area contributed by atoms with Gasteiger partial charge in [0.05, 0.1) is 0 Å². The molecule has 3 aromatic rings. The van der Waals surface area contributed by atoms with Crippen LogP contribution in [0.4, 0.5) is 0 Å². The maximum Gasteiger partial charge on any atom is 0.169 e. The van der Waals surface area contributed by atoms with Crippen LogP contribution < -0.4 is 4.57 Å². The largest absolute Gasteiger partial charge is 0.356 e. The lowest BCUT2D eigenvalue weighted by molar-refractivity contribution is -0.671. The van der Waals surface area contributed by atoms with Crippen LogP contribution >= 0.6 is 0 Å². The molecule has 0 amide bonds. The predicted molar refractivity (Wildman–Crippen MR) is 60.6 cm³/mol. The van der Waals surface area contributed by atoms with Gasteiger partial charge < -0.3 is 4.52 Å². The van der Waals surface area contributed by atoms with Gasteiger partial charge in [-0.25, -0.2) is 4.57 Å². The van der Waals surface area contributed by atoms with Crippen LogP contribution in [0.3, 0.4) is 0 Å². The average molecular weight is 211 g/mol. The fourth-order valence-electron chi connectivity index (χ4n) is 1.75. The summed E-state index contributed by atoms with van der Waals surface area (Å²) in [5.74, 6) is 0. The Morgan fingerprint density at radius 3 is 2.62 bits per heavy atom. The molecule has 16 heavy (non-hydrogen) atoms. The molecule has 0 saturated carbocycles. The molecular weight excluding hydrogens is 200 g/mol. The summed E-state index contributed by atoms with van der Waals surface area (Å²) in [5, 5.41) is 5.16. The van der Waals surface area contributed by atoms with E-state index in [-0.39, 0.29) is 0 Å². The maximum atomic E-state index is 5.28. The van der Waals surface area contributed by atoms with Crippen LogP contribution in [0.25, 0.3) is 22.2 Å². The molecule has 0 atom stereocenters. The van der Waals surface area contributed by atoms with Gasteiger partial charge in [0.15, 0.2) is 18.0 Å². The highest BCUT2D eigenvalue weighted by Crippen LogP contribution is 2.26. The summed E-state index contributed by atoms with van der Waals surface area (Å²) in [6.07, 6.45) is 4.00. The second-order valence-electron chi connectivity index (χ2n) is 3.78. The van der Waals surface area contributed by atoms with Crippen LogP contribution in [0.2, 0.25) is 0 Å². The number of hydrogen-bond donors (Lipinski definition) is 0. The van der Waals surface area contributed by atoms with Gasteiger partial charge in [-0.05, 0) is 12.1 Å². The number of para-hydroxylation sites is 1. The van der Waals surface area contributed by atoms with Crippen LogP contribution in [0, 0.1) is 0 Å². The van der Waals surface area contributed by atoms with Crippen molar-refractivity contribution < 1.29 is 9.09 Å². The highest BCUT2D eigenvalue weighted by Gasteiger charge is 2.10. The van der Waals surface area contributed by atoms with Crippen molar-refractivity contribution in [3.8, 4) is 11.3 Å². The van der Waals surface area contributed by atoms with Crippen LogP contribution in [0.15, 0.2) is 53.3 Å². The highest BCUT2D eigenvalue weighted by atomic mass is 16.5. The van der Waals surface area contributed by atoms with Crippen molar-refractivity contribution in [2.45, 2.75) is 0 Å². The SMILES string of the molecule is C[n+]1ccc(-c2noc3ccccc23)cc1. The van der Waals surface area contributed by atoms with E-state index in [1.165, 1.54) is 0 Å². The molecule has 0 spiro atoms. The summed E-state index contributed by atoms with van der Waals surface area (Å²) in [7, 11) is 1.99. The van der Waals surface area contributed by atoms with Crippen molar-refractivity contribution in [2.75, 3.05) is 0 Å². The van der Waals surface area contributed by atoms with E-state index < -0.39 is 0 Å². The monoisotopic (exact) mass is 211 g/mol. The molecule has 78 valence electrons. The quantitative estimate of drug-likeness (QED) is 0.578. The van der Waals surface area contributed by atoms with E-state index in [4.69, 9.17) is 4.52 Å². The van der Waals surface area contributed by atoms with E-state index in [9.17, 15) is 0 Å². The van der Waals surface area contributed by atoms with E-state index in [1.54, 1.807) is 0 Å². The summed E-state index contributed by atoms with van der Waals surface area (Å²) < 4.78 is 7.27. The molecule has 0 fully saturated rings. The summed E-state index contributed by atoms with van der Waals surface area (Å²) in [4.78, 5) is 0. The third-order valence-corrected chi connectivity index (χ3v) is 2.63. The second kappa shape index (κ2) is 3.45. The first-order valence-corrected chi connectivity index (χ1v) is 5.15. The molecule has 0 aliphatic carbocycles. The minimum atomic E-state index is 0.825. The Hall–Kier alpha value is -2.16. The van der Waals surface area contributed by atoms with E-state index in [0.29, 0.717) is 0 Å². The molecule has 0 radical (unpaired) electrons. The number of benzene rings is 1. The third kappa shape index (κ3) is 1.37. The van der Waals surface area contributed by atoms with Crippen molar-refractivity contribution in [3.05, 3.63) is 48.8 Å². The predicted octanol–water partition coefficient (Wildman–Crippen LogP) is 2.32. The number of fused-ring (bicyclic) bond motifs is 1.